The lowest BCUT2D eigenvalue weighted by molar-refractivity contribution is -0.155. The summed E-state index contributed by atoms with van der Waals surface area (Å²) in [5.41, 5.74) is -0.505. The minimum Gasteiger partial charge on any atom is -0.445 e. The van der Waals surface area contributed by atoms with E-state index >= 15 is 0 Å². The first-order valence-electron chi connectivity index (χ1n) is 5.83. The van der Waals surface area contributed by atoms with Crippen molar-refractivity contribution in [2.45, 2.75) is 18.3 Å². The van der Waals surface area contributed by atoms with E-state index in [-0.39, 0.29) is 5.56 Å². The molecule has 2 rings (SSSR count). The number of anilines is 1. The van der Waals surface area contributed by atoms with Crippen LogP contribution in [0.2, 0.25) is 0 Å². The minimum atomic E-state index is -6.50. The quantitative estimate of drug-likeness (QED) is 0.589. The van der Waals surface area contributed by atoms with Crippen LogP contribution in [0.4, 0.5) is 40.7 Å². The van der Waals surface area contributed by atoms with Crippen molar-refractivity contribution in [1.82, 2.24) is 0 Å². The molecule has 2 nitrogen and oxygen atoms in total. The molecule has 0 saturated carbocycles. The second-order valence-electron chi connectivity index (χ2n) is 4.47. The van der Waals surface area contributed by atoms with Crippen molar-refractivity contribution in [3.63, 3.8) is 0 Å². The molecule has 1 atom stereocenters. The topological polar surface area (TPSA) is 12.5 Å². The Balaban J connectivity index is 2.45. The number of nitrogens with zero attached hydrogens (tertiary/aromatic N) is 1. The fraction of sp³-hybridized carbons (Fsp3) is 0.273. The zero-order valence-corrected chi connectivity index (χ0v) is 10.5. The van der Waals surface area contributed by atoms with Crippen LogP contribution in [0.1, 0.15) is 5.56 Å². The highest BCUT2D eigenvalue weighted by Gasteiger charge is 2.58. The van der Waals surface area contributed by atoms with Gasteiger partial charge in [-0.1, -0.05) is 30.4 Å². The molecule has 0 spiro atoms. The summed E-state index contributed by atoms with van der Waals surface area (Å²) >= 11 is 0. The van der Waals surface area contributed by atoms with Crippen molar-refractivity contribution >= 4 is 18.7 Å². The van der Waals surface area contributed by atoms with E-state index in [9.17, 15) is 35.0 Å². The number of rotatable bonds is 2. The number of alkyl halides is 6. The van der Waals surface area contributed by atoms with Gasteiger partial charge in [0, 0.05) is 0 Å². The largest absolute Gasteiger partial charge is 0.571 e. The first kappa shape index (κ1) is 16.6. The Kier molecular flexibility index (Phi) is 3.88. The summed E-state index contributed by atoms with van der Waals surface area (Å²) in [7, 11) is 0. The number of halogens is 8. The molecule has 1 heterocycles. The Hall–Kier alpha value is -1.78. The molecule has 1 aromatic rings. The molecular formula is C11H7BF8NO-. The fourth-order valence-corrected chi connectivity index (χ4v) is 1.82. The predicted octanol–water partition coefficient (Wildman–Crippen LogP) is 4.36. The summed E-state index contributed by atoms with van der Waals surface area (Å²) in [6.45, 7) is -6.50. The molecule has 22 heavy (non-hydrogen) atoms. The van der Waals surface area contributed by atoms with Crippen LogP contribution in [0, 0.1) is 0 Å². The summed E-state index contributed by atoms with van der Waals surface area (Å²) < 4.78 is 105. The van der Waals surface area contributed by atoms with Gasteiger partial charge in [0.2, 0.25) is 0 Å². The molecule has 1 aliphatic heterocycles. The van der Waals surface area contributed by atoms with E-state index in [4.69, 9.17) is 0 Å². The van der Waals surface area contributed by atoms with E-state index in [0.717, 1.165) is 12.1 Å². The van der Waals surface area contributed by atoms with Crippen molar-refractivity contribution in [1.29, 1.82) is 0 Å². The first-order valence-corrected chi connectivity index (χ1v) is 5.83. The van der Waals surface area contributed by atoms with E-state index in [1.807, 2.05) is 0 Å². The van der Waals surface area contributed by atoms with Crippen LogP contribution in [0.5, 0.6) is 0 Å². The lowest BCUT2D eigenvalue weighted by Crippen LogP contribution is -2.56. The van der Waals surface area contributed by atoms with Crippen molar-refractivity contribution in [3.05, 3.63) is 35.9 Å². The number of benzene rings is 1. The number of fused-ring (bicyclic) bond motifs is 1. The van der Waals surface area contributed by atoms with Gasteiger partial charge in [-0.25, -0.2) is 13.2 Å². The van der Waals surface area contributed by atoms with Gasteiger partial charge in [0.15, 0.2) is 6.04 Å². The van der Waals surface area contributed by atoms with Crippen LogP contribution in [0.15, 0.2) is 30.3 Å². The highest BCUT2D eigenvalue weighted by Crippen LogP contribution is 2.40. The standard InChI is InChI=1S/C11H7BF8NO/c13-10(14,15)9-6-5-7-3-1-2-4-8(7)21(9)22-12(19,20)11(16,17)18/h1-6,9H/q-1. The van der Waals surface area contributed by atoms with Crippen LogP contribution in [-0.2, 0) is 4.76 Å². The van der Waals surface area contributed by atoms with Gasteiger partial charge in [0.05, 0.1) is 5.69 Å². The third kappa shape index (κ3) is 3.03. The molecule has 11 heteroatoms. The summed E-state index contributed by atoms with van der Waals surface area (Å²) in [6, 6.07) is 2.05. The zero-order valence-electron chi connectivity index (χ0n) is 10.5. The Morgan fingerprint density at radius 3 is 2.14 bits per heavy atom. The minimum absolute atomic E-state index is 0.0248. The summed E-state index contributed by atoms with van der Waals surface area (Å²) in [4.78, 5) is 0. The Bertz CT molecular complexity index is 582. The summed E-state index contributed by atoms with van der Waals surface area (Å²) in [5.74, 6) is 0. The monoisotopic (exact) mass is 332 g/mol. The number of para-hydroxylation sites is 1. The Morgan fingerprint density at radius 1 is 1.00 bits per heavy atom. The molecular weight excluding hydrogens is 325 g/mol. The maximum Gasteiger partial charge on any atom is 0.571 e. The van der Waals surface area contributed by atoms with Gasteiger partial charge in [-0.15, -0.1) is 0 Å². The molecule has 0 saturated heterocycles. The normalized spacial score (nSPS) is 19.3. The van der Waals surface area contributed by atoms with Gasteiger partial charge < -0.3 is 13.4 Å². The van der Waals surface area contributed by atoms with Crippen LogP contribution >= 0.6 is 0 Å². The maximum atomic E-state index is 13.1. The maximum absolute atomic E-state index is 13.1. The van der Waals surface area contributed by atoms with E-state index in [1.165, 1.54) is 18.2 Å². The molecule has 0 fully saturated rings. The Labute approximate surface area is 119 Å². The highest BCUT2D eigenvalue weighted by atomic mass is 19.4. The summed E-state index contributed by atoms with van der Waals surface area (Å²) in [5, 5.41) is -0.442. The predicted molar refractivity (Wildman–Crippen MR) is 62.9 cm³/mol. The molecule has 0 aromatic heterocycles. The van der Waals surface area contributed by atoms with E-state index in [1.54, 1.807) is 0 Å². The molecule has 0 aliphatic carbocycles. The molecule has 1 aromatic carbocycles. The highest BCUT2D eigenvalue weighted by molar-refractivity contribution is 6.61. The third-order valence-electron chi connectivity index (χ3n) is 2.85. The van der Waals surface area contributed by atoms with E-state index < -0.39 is 35.9 Å². The molecule has 0 radical (unpaired) electrons. The lowest BCUT2D eigenvalue weighted by Gasteiger charge is -2.42. The zero-order chi connectivity index (χ0) is 16.8. The average Bonchev–Trinajstić information content (AvgIpc) is 2.36. The summed E-state index contributed by atoms with van der Waals surface area (Å²) in [6.07, 6.45) is -9.76. The second-order valence-corrected chi connectivity index (χ2v) is 4.47. The molecule has 0 N–H and O–H groups in total. The van der Waals surface area contributed by atoms with Crippen molar-refractivity contribution in [3.8, 4) is 0 Å². The van der Waals surface area contributed by atoms with Crippen LogP contribution in [0.25, 0.3) is 6.08 Å². The third-order valence-corrected chi connectivity index (χ3v) is 2.85. The van der Waals surface area contributed by atoms with Crippen molar-refractivity contribution in [2.24, 2.45) is 0 Å². The SMILES string of the molecule is F[B-](F)(ON1c2ccccc2C=CC1C(F)(F)F)C(F)(F)F. The van der Waals surface area contributed by atoms with E-state index in [2.05, 4.69) is 4.76 Å². The van der Waals surface area contributed by atoms with Crippen molar-refractivity contribution < 1.29 is 39.7 Å². The van der Waals surface area contributed by atoms with Crippen LogP contribution in [0.3, 0.4) is 0 Å². The number of hydrogen-bond donors (Lipinski definition) is 0. The number of hydroxylamine groups is 1. The van der Waals surface area contributed by atoms with Gasteiger partial charge in [-0.3, -0.25) is 5.06 Å². The van der Waals surface area contributed by atoms with Crippen LogP contribution < -0.4 is 5.06 Å². The molecule has 1 unspecified atom stereocenters. The van der Waals surface area contributed by atoms with Crippen LogP contribution in [-0.4, -0.2) is 25.2 Å². The first-order chi connectivity index (χ1) is 9.93. The van der Waals surface area contributed by atoms with Crippen molar-refractivity contribution in [2.75, 3.05) is 5.06 Å². The Morgan fingerprint density at radius 2 is 1.59 bits per heavy atom. The van der Waals surface area contributed by atoms with Gasteiger partial charge in [-0.05, 0) is 11.6 Å². The van der Waals surface area contributed by atoms with Gasteiger partial charge in [0.1, 0.15) is 0 Å². The molecule has 122 valence electrons. The molecule has 1 aliphatic rings. The average molecular weight is 332 g/mol. The molecule has 0 amide bonds. The van der Waals surface area contributed by atoms with Gasteiger partial charge in [-0.2, -0.15) is 13.2 Å². The van der Waals surface area contributed by atoms with Gasteiger partial charge >= 0.3 is 19.2 Å². The molecule has 0 bridgehead atoms. The van der Waals surface area contributed by atoms with E-state index in [0.29, 0.717) is 6.08 Å². The van der Waals surface area contributed by atoms with Gasteiger partial charge in [0.25, 0.3) is 0 Å². The smallest absolute Gasteiger partial charge is 0.445 e. The second kappa shape index (κ2) is 5.15. The fourth-order valence-electron chi connectivity index (χ4n) is 1.82. The number of hydrogen-bond acceptors (Lipinski definition) is 2. The lowest BCUT2D eigenvalue weighted by atomic mass is 9.87.